The van der Waals surface area contributed by atoms with Crippen LogP contribution in [0.15, 0.2) is 0 Å². The highest BCUT2D eigenvalue weighted by molar-refractivity contribution is 7.47. The summed E-state index contributed by atoms with van der Waals surface area (Å²) in [6.07, 6.45) is 41.7. The van der Waals surface area contributed by atoms with Crippen LogP contribution in [0.2, 0.25) is 0 Å². The fourth-order valence-electron chi connectivity index (χ4n) is 10.2. The Labute approximate surface area is 530 Å². The highest BCUT2D eigenvalue weighted by Crippen LogP contribution is 2.45. The molecule has 3 unspecified atom stereocenters. The second-order valence-electron chi connectivity index (χ2n) is 25.8. The first-order valence-corrected chi connectivity index (χ1v) is 38.4. The predicted octanol–water partition coefficient (Wildman–Crippen LogP) is 19.1. The average molecular weight is 1280 g/mol. The van der Waals surface area contributed by atoms with E-state index in [1.807, 2.05) is 0 Å². The number of unbranched alkanes of at least 4 members (excludes halogenated alkanes) is 33. The quantitative estimate of drug-likeness (QED) is 0.0222. The topological polar surface area (TPSA) is 237 Å². The summed E-state index contributed by atoms with van der Waals surface area (Å²) in [5, 5.41) is 10.6. The Bertz CT molecular complexity index is 1720. The summed E-state index contributed by atoms with van der Waals surface area (Å²) in [6.45, 7) is 11.7. The van der Waals surface area contributed by atoms with E-state index in [2.05, 4.69) is 48.5 Å². The lowest BCUT2D eigenvalue weighted by Gasteiger charge is -2.21. The molecule has 17 nitrogen and oxygen atoms in total. The van der Waals surface area contributed by atoms with Crippen molar-refractivity contribution >= 4 is 39.5 Å². The van der Waals surface area contributed by atoms with Crippen LogP contribution in [0.5, 0.6) is 0 Å². The van der Waals surface area contributed by atoms with Crippen LogP contribution in [0.4, 0.5) is 0 Å². The number of carbonyl (C=O) groups excluding carboxylic acids is 4. The third kappa shape index (κ3) is 61.3. The first-order chi connectivity index (χ1) is 41.8. The third-order valence-corrected chi connectivity index (χ3v) is 17.9. The number of phosphoric ester groups is 2. The van der Waals surface area contributed by atoms with Crippen molar-refractivity contribution in [1.29, 1.82) is 0 Å². The minimum Gasteiger partial charge on any atom is -0.462 e. The van der Waals surface area contributed by atoms with Crippen molar-refractivity contribution in [2.24, 2.45) is 17.8 Å². The summed E-state index contributed by atoms with van der Waals surface area (Å²) >= 11 is 0. The Balaban J connectivity index is 5.26. The van der Waals surface area contributed by atoms with Gasteiger partial charge in [0, 0.05) is 25.7 Å². The highest BCUT2D eigenvalue weighted by atomic mass is 31.2. The van der Waals surface area contributed by atoms with Gasteiger partial charge in [-0.05, 0) is 43.4 Å². The molecule has 0 fully saturated rings. The van der Waals surface area contributed by atoms with E-state index in [-0.39, 0.29) is 25.7 Å². The molecule has 0 aromatic carbocycles. The van der Waals surface area contributed by atoms with E-state index in [9.17, 15) is 43.2 Å². The van der Waals surface area contributed by atoms with Crippen molar-refractivity contribution in [3.8, 4) is 0 Å². The monoisotopic (exact) mass is 1280 g/mol. The van der Waals surface area contributed by atoms with E-state index in [1.165, 1.54) is 141 Å². The molecule has 0 rings (SSSR count). The Morgan fingerprint density at radius 2 is 0.586 bits per heavy atom. The van der Waals surface area contributed by atoms with Gasteiger partial charge in [0.15, 0.2) is 12.2 Å². The maximum atomic E-state index is 13.0. The molecule has 3 N–H and O–H groups in total. The SMILES string of the molecule is CCCCCCCCCCCCCCCCC(=O)O[C@H](COC(=O)CCCCCCCCCCCC(C)C)COP(=O)(O)OC[C@@H](O)COP(=O)(O)OC[C@@H](COC(=O)CCCCCCCCC(C)CC)OC(=O)CCCCCCCCCCC(C)C. The first-order valence-electron chi connectivity index (χ1n) is 35.4. The molecule has 87 heavy (non-hydrogen) atoms. The van der Waals surface area contributed by atoms with E-state index < -0.39 is 97.5 Å². The van der Waals surface area contributed by atoms with E-state index in [4.69, 9.17) is 37.0 Å². The molecule has 516 valence electrons. The lowest BCUT2D eigenvalue weighted by molar-refractivity contribution is -0.161. The van der Waals surface area contributed by atoms with Gasteiger partial charge in [-0.15, -0.1) is 0 Å². The molecule has 0 spiro atoms. The summed E-state index contributed by atoms with van der Waals surface area (Å²) in [4.78, 5) is 72.4. The van der Waals surface area contributed by atoms with Crippen LogP contribution in [-0.4, -0.2) is 96.7 Å². The van der Waals surface area contributed by atoms with E-state index in [0.717, 1.165) is 114 Å². The van der Waals surface area contributed by atoms with Crippen LogP contribution in [0.3, 0.4) is 0 Å². The fourth-order valence-corrected chi connectivity index (χ4v) is 11.7. The molecule has 0 bridgehead atoms. The number of hydrogen-bond donors (Lipinski definition) is 3. The minimum atomic E-state index is -4.95. The van der Waals surface area contributed by atoms with Gasteiger partial charge in [-0.2, -0.15) is 0 Å². The zero-order valence-corrected chi connectivity index (χ0v) is 58.3. The normalized spacial score (nSPS) is 14.6. The molecule has 0 aromatic heterocycles. The number of carbonyl (C=O) groups is 4. The van der Waals surface area contributed by atoms with Gasteiger partial charge in [0.2, 0.25) is 0 Å². The number of aliphatic hydroxyl groups excluding tert-OH is 1. The summed E-state index contributed by atoms with van der Waals surface area (Å²) in [7, 11) is -9.90. The minimum absolute atomic E-state index is 0.103. The second kappa shape index (κ2) is 59.1. The number of hydrogen-bond acceptors (Lipinski definition) is 15. The molecule has 0 amide bonds. The van der Waals surface area contributed by atoms with E-state index >= 15 is 0 Å². The fraction of sp³-hybridized carbons (Fsp3) is 0.941. The van der Waals surface area contributed by atoms with Gasteiger partial charge >= 0.3 is 39.5 Å². The van der Waals surface area contributed by atoms with Gasteiger partial charge in [-0.1, -0.05) is 286 Å². The lowest BCUT2D eigenvalue weighted by Crippen LogP contribution is -2.30. The van der Waals surface area contributed by atoms with Crippen LogP contribution < -0.4 is 0 Å². The predicted molar refractivity (Wildman–Crippen MR) is 349 cm³/mol. The molecular formula is C68H132O17P2. The Morgan fingerprint density at radius 3 is 0.874 bits per heavy atom. The summed E-state index contributed by atoms with van der Waals surface area (Å²) in [6, 6.07) is 0. The maximum absolute atomic E-state index is 13.0. The van der Waals surface area contributed by atoms with Crippen LogP contribution in [-0.2, 0) is 65.4 Å². The summed E-state index contributed by atoms with van der Waals surface area (Å²) < 4.78 is 68.2. The lowest BCUT2D eigenvalue weighted by atomic mass is 10.00. The smallest absolute Gasteiger partial charge is 0.462 e. The molecular weight excluding hydrogens is 1150 g/mol. The first kappa shape index (κ1) is 85.1. The van der Waals surface area contributed by atoms with Gasteiger partial charge in [0.1, 0.15) is 19.3 Å². The van der Waals surface area contributed by atoms with Gasteiger partial charge < -0.3 is 33.8 Å². The van der Waals surface area contributed by atoms with Gasteiger partial charge in [0.25, 0.3) is 0 Å². The van der Waals surface area contributed by atoms with E-state index in [1.54, 1.807) is 0 Å². The van der Waals surface area contributed by atoms with Crippen molar-refractivity contribution in [3.63, 3.8) is 0 Å². The van der Waals surface area contributed by atoms with Crippen LogP contribution in [0.1, 0.15) is 337 Å². The van der Waals surface area contributed by atoms with Crippen molar-refractivity contribution in [3.05, 3.63) is 0 Å². The number of phosphoric acid groups is 2. The number of aliphatic hydroxyl groups is 1. The van der Waals surface area contributed by atoms with Crippen molar-refractivity contribution in [1.82, 2.24) is 0 Å². The van der Waals surface area contributed by atoms with Gasteiger partial charge in [0.05, 0.1) is 26.4 Å². The number of esters is 4. The summed E-state index contributed by atoms with van der Waals surface area (Å²) in [5.41, 5.74) is 0. The molecule has 0 saturated heterocycles. The van der Waals surface area contributed by atoms with Crippen LogP contribution in [0, 0.1) is 17.8 Å². The van der Waals surface area contributed by atoms with Crippen LogP contribution >= 0.6 is 15.6 Å². The summed E-state index contributed by atoms with van der Waals surface area (Å²) in [5.74, 6) is 0.0622. The van der Waals surface area contributed by atoms with Crippen molar-refractivity contribution in [2.45, 2.75) is 356 Å². The molecule has 0 aliphatic rings. The Hall–Kier alpha value is -1.94. The van der Waals surface area contributed by atoms with Gasteiger partial charge in [-0.3, -0.25) is 37.3 Å². The zero-order chi connectivity index (χ0) is 64.5. The van der Waals surface area contributed by atoms with Crippen LogP contribution in [0.25, 0.3) is 0 Å². The number of rotatable bonds is 66. The molecule has 19 heteroatoms. The molecule has 0 aliphatic carbocycles. The molecule has 6 atom stereocenters. The Morgan fingerprint density at radius 1 is 0.333 bits per heavy atom. The maximum Gasteiger partial charge on any atom is 0.472 e. The molecule has 0 heterocycles. The van der Waals surface area contributed by atoms with E-state index in [0.29, 0.717) is 25.7 Å². The molecule has 0 saturated carbocycles. The second-order valence-corrected chi connectivity index (χ2v) is 28.7. The third-order valence-electron chi connectivity index (χ3n) is 16.0. The average Bonchev–Trinajstić information content (AvgIpc) is 3.66. The highest BCUT2D eigenvalue weighted by Gasteiger charge is 2.30. The number of ether oxygens (including phenoxy) is 4. The van der Waals surface area contributed by atoms with Gasteiger partial charge in [-0.25, -0.2) is 9.13 Å². The molecule has 0 aliphatic heterocycles. The largest absolute Gasteiger partial charge is 0.472 e. The zero-order valence-electron chi connectivity index (χ0n) is 56.5. The molecule has 0 aromatic rings. The van der Waals surface area contributed by atoms with Crippen molar-refractivity contribution < 1.29 is 80.2 Å². The standard InChI is InChI=1S/C68H132O17P2/c1-8-10-11-12-13-14-15-16-17-18-21-28-37-44-51-67(72)84-63(55-78-65(70)49-42-35-27-22-19-20-25-32-39-46-59(3)4)57-82-86(74,75)80-53-62(69)54-81-87(76,77)83-58-64(56-79-66(71)50-43-36-31-30-34-41-48-61(7)9-2)85-68(73)52-45-38-29-24-23-26-33-40-47-60(5)6/h59-64,69H,8-58H2,1-7H3,(H,74,75)(H,76,77)/t61?,62-,63-,64-/m1/s1. The Kier molecular flexibility index (Phi) is 57.8. The molecule has 0 radical (unpaired) electrons. The van der Waals surface area contributed by atoms with Crippen molar-refractivity contribution in [2.75, 3.05) is 39.6 Å².